The molecule has 9 nitrogen and oxygen atoms in total. The Morgan fingerprint density at radius 1 is 1.24 bits per heavy atom. The van der Waals surface area contributed by atoms with E-state index in [4.69, 9.17) is 0 Å². The Morgan fingerprint density at radius 3 is 2.59 bits per heavy atom. The van der Waals surface area contributed by atoms with Crippen LogP contribution in [0, 0.1) is 23.5 Å². The van der Waals surface area contributed by atoms with Gasteiger partial charge in [-0.3, -0.25) is 19.7 Å². The number of hydrogen-bond acceptors (Lipinski definition) is 5. The predicted octanol–water partition coefficient (Wildman–Crippen LogP) is 1.50. The van der Waals surface area contributed by atoms with Crippen LogP contribution in [0.25, 0.3) is 0 Å². The molecule has 3 fully saturated rings. The molecule has 5 atom stereocenters. The van der Waals surface area contributed by atoms with E-state index in [2.05, 4.69) is 10.6 Å². The van der Waals surface area contributed by atoms with Crippen molar-refractivity contribution in [3.8, 4) is 0 Å². The summed E-state index contributed by atoms with van der Waals surface area (Å²) in [4.78, 5) is 53.0. The molecule has 196 valence electrons. The summed E-state index contributed by atoms with van der Waals surface area (Å²) in [5, 5.41) is 5.17. The lowest BCUT2D eigenvalue weighted by molar-refractivity contribution is -0.136. The summed E-state index contributed by atoms with van der Waals surface area (Å²) in [5.74, 6) is -3.35. The quantitative estimate of drug-likeness (QED) is 0.450. The number of urea groups is 1. The van der Waals surface area contributed by atoms with Crippen LogP contribution in [0.4, 0.5) is 13.6 Å². The van der Waals surface area contributed by atoms with Gasteiger partial charge < -0.3 is 19.7 Å². The number of carbonyl (C=O) groups is 4. The van der Waals surface area contributed by atoms with Crippen LogP contribution in [0.2, 0.25) is 0 Å². The number of likely N-dealkylation sites (N-methyl/N-ethyl adjacent to an activating group) is 1. The minimum absolute atomic E-state index is 0.0198. The Bertz CT molecular complexity index is 1250. The first kappa shape index (κ1) is 25.4. The minimum Gasteiger partial charge on any atom is -0.616 e. The summed E-state index contributed by atoms with van der Waals surface area (Å²) >= 11 is -1.53. The maximum atomic E-state index is 13.8. The van der Waals surface area contributed by atoms with Gasteiger partial charge in [0.15, 0.2) is 5.75 Å². The van der Waals surface area contributed by atoms with E-state index >= 15 is 0 Å². The Morgan fingerprint density at radius 2 is 1.95 bits per heavy atom. The van der Waals surface area contributed by atoms with Crippen molar-refractivity contribution in [3.63, 3.8) is 0 Å². The molecule has 0 bridgehead atoms. The SMILES string of the molecule is CC1C=C(NC(=O)CN2C(=O)C[S+]([O-])CC2c2cc(F)cc(F)c2)C=C2C[C@]3(CC21)C(=O)NC(=O)N3C. The van der Waals surface area contributed by atoms with Crippen LogP contribution < -0.4 is 10.6 Å². The summed E-state index contributed by atoms with van der Waals surface area (Å²) < 4.78 is 39.9. The average molecular weight is 533 g/mol. The first-order valence-electron chi connectivity index (χ1n) is 11.9. The predicted molar refractivity (Wildman–Crippen MR) is 129 cm³/mol. The molecular weight excluding hydrogens is 506 g/mol. The van der Waals surface area contributed by atoms with E-state index in [-0.39, 0.29) is 41.4 Å². The number of hydrogen-bond donors (Lipinski definition) is 2. The molecule has 1 aromatic rings. The zero-order valence-corrected chi connectivity index (χ0v) is 21.1. The summed E-state index contributed by atoms with van der Waals surface area (Å²) in [7, 11) is 1.60. The molecule has 2 saturated heterocycles. The van der Waals surface area contributed by atoms with Gasteiger partial charge >= 0.3 is 6.03 Å². The molecule has 4 aliphatic rings. The third-order valence-electron chi connectivity index (χ3n) is 7.73. The van der Waals surface area contributed by atoms with Gasteiger partial charge in [-0.05, 0) is 53.2 Å². The molecule has 12 heteroatoms. The van der Waals surface area contributed by atoms with Gasteiger partial charge in [0.1, 0.15) is 35.5 Å². The number of allylic oxidation sites excluding steroid dienone is 2. The molecule has 4 unspecified atom stereocenters. The molecular formula is C25H26F2N4O5S. The standard InChI is InChI=1S/C25H26F2N4O5S/c1-13-3-18(6-15-8-25(9-19(13)15)23(34)29-24(35)30(25)2)28-21(32)10-31-20(11-37(36)12-22(31)33)14-4-16(26)7-17(27)5-14/h3-7,13,19-20H,8-12H2,1-2H3,(H,28,32)(H,29,34,35)/t13?,19?,20?,25-,37?/m0/s1. The highest BCUT2D eigenvalue weighted by Gasteiger charge is 2.57. The van der Waals surface area contributed by atoms with E-state index in [9.17, 15) is 32.5 Å². The Labute approximate surface area is 215 Å². The molecule has 2 aliphatic carbocycles. The van der Waals surface area contributed by atoms with Crippen LogP contribution in [0.3, 0.4) is 0 Å². The van der Waals surface area contributed by atoms with Crippen molar-refractivity contribution in [2.75, 3.05) is 25.1 Å². The first-order chi connectivity index (χ1) is 17.5. The topological polar surface area (TPSA) is 122 Å². The number of imide groups is 1. The van der Waals surface area contributed by atoms with Gasteiger partial charge in [-0.1, -0.05) is 18.6 Å². The average Bonchev–Trinajstić information content (AvgIpc) is 3.29. The second kappa shape index (κ2) is 9.25. The molecule has 2 heterocycles. The highest BCUT2D eigenvalue weighted by Crippen LogP contribution is 2.49. The van der Waals surface area contributed by atoms with Gasteiger partial charge in [-0.2, -0.15) is 0 Å². The van der Waals surface area contributed by atoms with Crippen LogP contribution >= 0.6 is 0 Å². The zero-order chi connectivity index (χ0) is 26.6. The van der Waals surface area contributed by atoms with Gasteiger partial charge in [-0.15, -0.1) is 0 Å². The number of halogens is 2. The Kier molecular flexibility index (Phi) is 6.35. The Balaban J connectivity index is 1.32. The third kappa shape index (κ3) is 4.52. The lowest BCUT2D eigenvalue weighted by Gasteiger charge is -2.36. The van der Waals surface area contributed by atoms with Crippen molar-refractivity contribution in [1.29, 1.82) is 0 Å². The van der Waals surface area contributed by atoms with E-state index in [1.165, 1.54) is 9.80 Å². The van der Waals surface area contributed by atoms with E-state index in [1.54, 1.807) is 13.1 Å². The zero-order valence-electron chi connectivity index (χ0n) is 20.3. The van der Waals surface area contributed by atoms with E-state index in [0.717, 1.165) is 17.7 Å². The fraction of sp³-hybridized carbons (Fsp3) is 0.440. The normalized spacial score (nSPS) is 31.3. The maximum absolute atomic E-state index is 13.8. The Hall–Kier alpha value is -3.25. The van der Waals surface area contributed by atoms with Gasteiger partial charge in [0.05, 0.1) is 0 Å². The number of rotatable bonds is 4. The number of nitrogens with one attached hydrogen (secondary N) is 2. The lowest BCUT2D eigenvalue weighted by Crippen LogP contribution is -2.50. The summed E-state index contributed by atoms with van der Waals surface area (Å²) in [5.41, 5.74) is 0.638. The number of nitrogens with zero attached hydrogens (tertiary/aromatic N) is 2. The highest BCUT2D eigenvalue weighted by atomic mass is 32.2. The number of benzene rings is 1. The van der Waals surface area contributed by atoms with E-state index < -0.39 is 52.2 Å². The van der Waals surface area contributed by atoms with Crippen molar-refractivity contribution >= 4 is 34.9 Å². The number of fused-ring (bicyclic) bond motifs is 1. The molecule has 2 N–H and O–H groups in total. The fourth-order valence-corrected chi connectivity index (χ4v) is 7.12. The van der Waals surface area contributed by atoms with Crippen molar-refractivity contribution in [3.05, 3.63) is 58.8 Å². The molecule has 0 aromatic heterocycles. The molecule has 1 saturated carbocycles. The molecule has 5 amide bonds. The van der Waals surface area contributed by atoms with Crippen LogP contribution in [0.5, 0.6) is 0 Å². The van der Waals surface area contributed by atoms with Crippen LogP contribution in [-0.2, 0) is 25.6 Å². The molecule has 37 heavy (non-hydrogen) atoms. The second-order valence-corrected chi connectivity index (χ2v) is 11.6. The maximum Gasteiger partial charge on any atom is 0.324 e. The van der Waals surface area contributed by atoms with Crippen molar-refractivity contribution in [2.24, 2.45) is 11.8 Å². The molecule has 1 spiro atoms. The van der Waals surface area contributed by atoms with Gasteiger partial charge in [0, 0.05) is 25.2 Å². The van der Waals surface area contributed by atoms with E-state index in [0.29, 0.717) is 24.6 Å². The number of carbonyl (C=O) groups excluding carboxylic acids is 4. The summed E-state index contributed by atoms with van der Waals surface area (Å²) in [6.45, 7) is 1.58. The van der Waals surface area contributed by atoms with Crippen LogP contribution in [0.15, 0.2) is 41.6 Å². The van der Waals surface area contributed by atoms with Crippen molar-refractivity contribution in [2.45, 2.75) is 31.3 Å². The van der Waals surface area contributed by atoms with Crippen LogP contribution in [-0.4, -0.2) is 68.7 Å². The van der Waals surface area contributed by atoms with Crippen LogP contribution in [0.1, 0.15) is 31.4 Å². The number of amides is 5. The minimum atomic E-state index is -1.53. The molecule has 1 aromatic carbocycles. The summed E-state index contributed by atoms with van der Waals surface area (Å²) in [6, 6.07) is 1.50. The van der Waals surface area contributed by atoms with Crippen molar-refractivity contribution < 1.29 is 32.5 Å². The highest BCUT2D eigenvalue weighted by molar-refractivity contribution is 7.92. The van der Waals surface area contributed by atoms with Gasteiger partial charge in [0.25, 0.3) is 11.8 Å². The molecule has 0 radical (unpaired) electrons. The molecule has 5 rings (SSSR count). The summed E-state index contributed by atoms with van der Waals surface area (Å²) in [6.07, 6.45) is 4.50. The van der Waals surface area contributed by atoms with Crippen molar-refractivity contribution in [1.82, 2.24) is 20.4 Å². The monoisotopic (exact) mass is 532 g/mol. The second-order valence-electron chi connectivity index (χ2n) is 10.1. The van der Waals surface area contributed by atoms with E-state index in [1.807, 2.05) is 13.0 Å². The lowest BCUT2D eigenvalue weighted by atomic mass is 9.83. The smallest absolute Gasteiger partial charge is 0.324 e. The van der Waals surface area contributed by atoms with Gasteiger partial charge in [-0.25, -0.2) is 13.6 Å². The largest absolute Gasteiger partial charge is 0.616 e. The molecule has 2 aliphatic heterocycles. The first-order valence-corrected chi connectivity index (χ1v) is 13.4. The fourth-order valence-electron chi connectivity index (χ4n) is 5.83. The van der Waals surface area contributed by atoms with Gasteiger partial charge in [0.2, 0.25) is 5.91 Å². The third-order valence-corrected chi connectivity index (χ3v) is 8.99.